The van der Waals surface area contributed by atoms with E-state index < -0.39 is 10.0 Å². The molecule has 0 N–H and O–H groups in total. The van der Waals surface area contributed by atoms with E-state index in [1.54, 1.807) is 28.6 Å². The van der Waals surface area contributed by atoms with Crippen molar-refractivity contribution in [3.8, 4) is 5.75 Å². The molecule has 1 fully saturated rings. The van der Waals surface area contributed by atoms with Crippen molar-refractivity contribution in [1.29, 1.82) is 0 Å². The second-order valence-electron chi connectivity index (χ2n) is 7.44. The van der Waals surface area contributed by atoms with E-state index >= 15 is 0 Å². The third-order valence-corrected chi connectivity index (χ3v) is 8.53. The van der Waals surface area contributed by atoms with Gasteiger partial charge in [-0.1, -0.05) is 25.1 Å². The number of hydrogen-bond donors (Lipinski definition) is 0. The monoisotopic (exact) mass is 420 g/mol. The first kappa shape index (κ1) is 19.4. The van der Waals surface area contributed by atoms with Crippen molar-refractivity contribution in [2.45, 2.75) is 24.7 Å². The first-order valence-corrected chi connectivity index (χ1v) is 11.8. The van der Waals surface area contributed by atoms with E-state index in [1.807, 2.05) is 29.3 Å². The first-order valence-electron chi connectivity index (χ1n) is 9.50. The van der Waals surface area contributed by atoms with Gasteiger partial charge in [0.1, 0.15) is 10.6 Å². The summed E-state index contributed by atoms with van der Waals surface area (Å²) in [5.41, 5.74) is -0.289. The Morgan fingerprint density at radius 1 is 1.18 bits per heavy atom. The fraction of sp³-hybridized carbons (Fsp3) is 0.450. The molecule has 0 atom stereocenters. The molecule has 6 nitrogen and oxygen atoms in total. The number of hydrogen-bond acceptors (Lipinski definition) is 5. The Labute approximate surface area is 169 Å². The van der Waals surface area contributed by atoms with E-state index in [1.165, 1.54) is 11.3 Å². The number of amides is 1. The smallest absolute Gasteiger partial charge is 0.263 e. The SMILES string of the molecule is CCN1CC2(CCN(C(=O)c3cccs3)CC2)COc2ccccc2S1(=O)=O. The van der Waals surface area contributed by atoms with Crippen molar-refractivity contribution in [1.82, 2.24) is 9.21 Å². The number of sulfonamides is 1. The highest BCUT2D eigenvalue weighted by Crippen LogP contribution is 2.39. The molecule has 0 aliphatic carbocycles. The highest BCUT2D eigenvalue weighted by atomic mass is 32.2. The highest BCUT2D eigenvalue weighted by molar-refractivity contribution is 7.89. The molecule has 0 bridgehead atoms. The lowest BCUT2D eigenvalue weighted by Gasteiger charge is -2.44. The van der Waals surface area contributed by atoms with Crippen molar-refractivity contribution in [3.63, 3.8) is 0 Å². The van der Waals surface area contributed by atoms with Gasteiger partial charge in [0.2, 0.25) is 10.0 Å². The van der Waals surface area contributed by atoms with Crippen molar-refractivity contribution < 1.29 is 17.9 Å². The molecule has 4 rings (SSSR count). The maximum atomic E-state index is 13.1. The van der Waals surface area contributed by atoms with Crippen LogP contribution in [0.15, 0.2) is 46.7 Å². The Morgan fingerprint density at radius 2 is 1.93 bits per heavy atom. The van der Waals surface area contributed by atoms with Gasteiger partial charge in [-0.2, -0.15) is 4.31 Å². The second-order valence-corrected chi connectivity index (χ2v) is 10.3. The molecule has 28 heavy (non-hydrogen) atoms. The van der Waals surface area contributed by atoms with Crippen LogP contribution in [0.25, 0.3) is 0 Å². The zero-order valence-corrected chi connectivity index (χ0v) is 17.5. The lowest BCUT2D eigenvalue weighted by molar-refractivity contribution is 0.0308. The van der Waals surface area contributed by atoms with Gasteiger partial charge in [-0.15, -0.1) is 11.3 Å². The molecule has 3 heterocycles. The van der Waals surface area contributed by atoms with Crippen molar-refractivity contribution in [2.75, 3.05) is 32.8 Å². The fourth-order valence-electron chi connectivity index (χ4n) is 3.98. The zero-order chi connectivity index (χ0) is 19.8. The van der Waals surface area contributed by atoms with Gasteiger partial charge in [0.25, 0.3) is 5.91 Å². The summed E-state index contributed by atoms with van der Waals surface area (Å²) in [5, 5.41) is 1.91. The quantitative estimate of drug-likeness (QED) is 0.749. The zero-order valence-electron chi connectivity index (χ0n) is 15.8. The van der Waals surface area contributed by atoms with Crippen molar-refractivity contribution in [3.05, 3.63) is 46.7 Å². The minimum atomic E-state index is -3.60. The summed E-state index contributed by atoms with van der Waals surface area (Å²) in [7, 11) is -3.60. The van der Waals surface area contributed by atoms with Gasteiger partial charge in [0, 0.05) is 31.6 Å². The number of nitrogens with zero attached hydrogens (tertiary/aromatic N) is 2. The van der Waals surface area contributed by atoms with Crippen molar-refractivity contribution >= 4 is 27.3 Å². The van der Waals surface area contributed by atoms with E-state index in [9.17, 15) is 13.2 Å². The lowest BCUT2D eigenvalue weighted by Crippen LogP contribution is -2.52. The molecule has 1 amide bonds. The highest BCUT2D eigenvalue weighted by Gasteiger charge is 2.43. The third kappa shape index (κ3) is 3.44. The number of rotatable bonds is 2. The summed E-state index contributed by atoms with van der Waals surface area (Å²) in [6.07, 6.45) is 1.44. The first-order chi connectivity index (χ1) is 13.5. The molecule has 2 aliphatic rings. The largest absolute Gasteiger partial charge is 0.492 e. The number of fused-ring (bicyclic) bond motifs is 1. The summed E-state index contributed by atoms with van der Waals surface area (Å²) < 4.78 is 33.9. The predicted octanol–water partition coefficient (Wildman–Crippen LogP) is 3.07. The summed E-state index contributed by atoms with van der Waals surface area (Å²) in [6.45, 7) is 4.37. The molecule has 2 aromatic rings. The minimum Gasteiger partial charge on any atom is -0.492 e. The second kappa shape index (κ2) is 7.50. The minimum absolute atomic E-state index is 0.0573. The van der Waals surface area contributed by atoms with Crippen molar-refractivity contribution in [2.24, 2.45) is 5.41 Å². The van der Waals surface area contributed by atoms with E-state index in [4.69, 9.17) is 4.74 Å². The summed E-state index contributed by atoms with van der Waals surface area (Å²) in [4.78, 5) is 15.5. The van der Waals surface area contributed by atoms with Crippen LogP contribution in [0.1, 0.15) is 29.4 Å². The Hall–Kier alpha value is -1.90. The Morgan fingerprint density at radius 3 is 2.61 bits per heavy atom. The van der Waals surface area contributed by atoms with Gasteiger partial charge in [-0.05, 0) is 36.4 Å². The van der Waals surface area contributed by atoms with E-state index in [0.717, 1.165) is 17.7 Å². The topological polar surface area (TPSA) is 66.9 Å². The van der Waals surface area contributed by atoms with Crippen LogP contribution in [0.2, 0.25) is 0 Å². The molecule has 8 heteroatoms. The van der Waals surface area contributed by atoms with Gasteiger partial charge in [0.05, 0.1) is 11.5 Å². The number of para-hydroxylation sites is 1. The molecule has 0 radical (unpaired) electrons. The van der Waals surface area contributed by atoms with Gasteiger partial charge in [-0.3, -0.25) is 4.79 Å². The average molecular weight is 421 g/mol. The summed E-state index contributed by atoms with van der Waals surface area (Å²) >= 11 is 1.45. The fourth-order valence-corrected chi connectivity index (χ4v) is 6.37. The Kier molecular flexibility index (Phi) is 5.20. The average Bonchev–Trinajstić information content (AvgIpc) is 3.25. The number of likely N-dealkylation sites (tertiary alicyclic amines) is 1. The molecule has 0 saturated carbocycles. The molecule has 2 aliphatic heterocycles. The molecule has 1 saturated heterocycles. The lowest BCUT2D eigenvalue weighted by atomic mass is 9.78. The molecular formula is C20H24N2O4S2. The molecule has 1 spiro atoms. The molecule has 1 aromatic heterocycles. The van der Waals surface area contributed by atoms with Gasteiger partial charge < -0.3 is 9.64 Å². The number of thiophene rings is 1. The maximum absolute atomic E-state index is 13.1. The van der Waals surface area contributed by atoms with Crippen LogP contribution >= 0.6 is 11.3 Å². The van der Waals surface area contributed by atoms with Gasteiger partial charge in [0.15, 0.2) is 0 Å². The van der Waals surface area contributed by atoms with Gasteiger partial charge >= 0.3 is 0 Å². The maximum Gasteiger partial charge on any atom is 0.263 e. The van der Waals surface area contributed by atoms with Crippen LogP contribution in [-0.4, -0.2) is 56.3 Å². The number of carbonyl (C=O) groups excluding carboxylic acids is 1. The van der Waals surface area contributed by atoms with Crippen LogP contribution in [-0.2, 0) is 10.0 Å². The number of benzene rings is 1. The third-order valence-electron chi connectivity index (χ3n) is 5.71. The van der Waals surface area contributed by atoms with Crippen LogP contribution in [0, 0.1) is 5.41 Å². The number of carbonyl (C=O) groups is 1. The number of ether oxygens (including phenoxy) is 1. The summed E-state index contributed by atoms with van der Waals surface area (Å²) in [6, 6.07) is 10.6. The predicted molar refractivity (Wildman–Crippen MR) is 108 cm³/mol. The standard InChI is InChI=1S/C20H24N2O4S2/c1-2-22-14-20(15-26-16-6-3-4-8-18(16)28(22,24)25)9-11-21(12-10-20)19(23)17-7-5-13-27-17/h3-8,13H,2,9-12,14-15H2,1H3. The molecule has 150 valence electrons. The summed E-state index contributed by atoms with van der Waals surface area (Å²) in [5.74, 6) is 0.471. The van der Waals surface area contributed by atoms with Crippen LogP contribution < -0.4 is 4.74 Å². The van der Waals surface area contributed by atoms with E-state index in [2.05, 4.69) is 0 Å². The molecule has 0 unspecified atom stereocenters. The van der Waals surface area contributed by atoms with Crippen LogP contribution in [0.4, 0.5) is 0 Å². The number of piperidine rings is 1. The van der Waals surface area contributed by atoms with Crippen LogP contribution in [0.3, 0.4) is 0 Å². The van der Waals surface area contributed by atoms with E-state index in [-0.39, 0.29) is 16.2 Å². The van der Waals surface area contributed by atoms with Gasteiger partial charge in [-0.25, -0.2) is 8.42 Å². The molecule has 1 aromatic carbocycles. The molecular weight excluding hydrogens is 396 g/mol. The van der Waals surface area contributed by atoms with E-state index in [0.29, 0.717) is 38.5 Å². The van der Waals surface area contributed by atoms with Crippen LogP contribution in [0.5, 0.6) is 5.75 Å². The Bertz CT molecular complexity index is 948. The Balaban J connectivity index is 1.57. The normalized spacial score (nSPS) is 21.4.